The lowest BCUT2D eigenvalue weighted by Crippen LogP contribution is -2.40. The smallest absolute Gasteiger partial charge is 0.350 e. The van der Waals surface area contributed by atoms with Gasteiger partial charge in [0.2, 0.25) is 5.91 Å². The fourth-order valence-corrected chi connectivity index (χ4v) is 3.87. The summed E-state index contributed by atoms with van der Waals surface area (Å²) in [6.45, 7) is -0.168. The second-order valence-electron chi connectivity index (χ2n) is 7.25. The van der Waals surface area contributed by atoms with E-state index in [9.17, 15) is 9.59 Å². The number of pyridine rings is 1. The molecular weight excluding hydrogens is 360 g/mol. The summed E-state index contributed by atoms with van der Waals surface area (Å²) in [5, 5.41) is 6.97. The molecule has 2 aromatic heterocycles. The van der Waals surface area contributed by atoms with Gasteiger partial charge in [-0.25, -0.2) is 9.48 Å². The number of rotatable bonds is 3. The van der Waals surface area contributed by atoms with Crippen molar-refractivity contribution in [2.75, 3.05) is 5.32 Å². The first kappa shape index (κ1) is 16.9. The van der Waals surface area contributed by atoms with Crippen LogP contribution in [0, 0.1) is 0 Å². The van der Waals surface area contributed by atoms with Gasteiger partial charge in [-0.1, -0.05) is 12.5 Å². The zero-order valence-corrected chi connectivity index (χ0v) is 15.3. The number of fused-ring (bicyclic) bond motifs is 2. The highest BCUT2D eigenvalue weighted by Crippen LogP contribution is 2.46. The van der Waals surface area contributed by atoms with Crippen LogP contribution in [-0.2, 0) is 11.3 Å². The fourth-order valence-electron chi connectivity index (χ4n) is 3.87. The number of hydrogen-bond donors (Lipinski definition) is 1. The van der Waals surface area contributed by atoms with E-state index in [0.29, 0.717) is 22.8 Å². The van der Waals surface area contributed by atoms with Gasteiger partial charge in [0.25, 0.3) is 5.79 Å². The molecule has 0 unspecified atom stereocenters. The Morgan fingerprint density at radius 3 is 2.75 bits per heavy atom. The fraction of sp³-hybridized carbons (Fsp3) is 0.350. The van der Waals surface area contributed by atoms with E-state index in [2.05, 4.69) is 10.4 Å². The van der Waals surface area contributed by atoms with Crippen LogP contribution in [0.5, 0.6) is 11.5 Å². The van der Waals surface area contributed by atoms with Crippen molar-refractivity contribution in [3.63, 3.8) is 0 Å². The molecule has 1 amide bonds. The Kier molecular flexibility index (Phi) is 3.85. The Morgan fingerprint density at radius 1 is 1.11 bits per heavy atom. The molecule has 5 rings (SSSR count). The Bertz CT molecular complexity index is 1110. The van der Waals surface area contributed by atoms with Crippen molar-refractivity contribution in [2.24, 2.45) is 0 Å². The maximum Gasteiger partial charge on any atom is 0.350 e. The van der Waals surface area contributed by atoms with Gasteiger partial charge in [-0.05, 0) is 37.1 Å². The number of hydrogen-bond acceptors (Lipinski definition) is 5. The lowest BCUT2D eigenvalue weighted by Gasteiger charge is -2.31. The molecule has 0 bridgehead atoms. The third-order valence-corrected chi connectivity index (χ3v) is 5.22. The quantitative estimate of drug-likeness (QED) is 0.755. The SMILES string of the molecule is O=C(Cn1nc2ccccn2c1=O)Nc1ccc2c(c1)OC1(CCCCC1)O2. The largest absolute Gasteiger partial charge is 0.448 e. The maximum atomic E-state index is 12.4. The Labute approximate surface area is 160 Å². The second kappa shape index (κ2) is 6.40. The third kappa shape index (κ3) is 2.90. The van der Waals surface area contributed by atoms with Gasteiger partial charge >= 0.3 is 5.69 Å². The summed E-state index contributed by atoms with van der Waals surface area (Å²) in [5.74, 6) is 0.463. The molecule has 8 nitrogen and oxygen atoms in total. The van der Waals surface area contributed by atoms with E-state index in [1.54, 1.807) is 36.5 Å². The Hall–Kier alpha value is -3.29. The minimum atomic E-state index is -0.549. The van der Waals surface area contributed by atoms with Gasteiger partial charge in [-0.15, -0.1) is 5.10 Å². The number of benzene rings is 1. The van der Waals surface area contributed by atoms with Gasteiger partial charge in [0, 0.05) is 30.8 Å². The second-order valence-corrected chi connectivity index (χ2v) is 7.25. The van der Waals surface area contributed by atoms with Crippen LogP contribution in [0.25, 0.3) is 5.65 Å². The van der Waals surface area contributed by atoms with E-state index < -0.39 is 5.79 Å². The topological polar surface area (TPSA) is 86.9 Å². The van der Waals surface area contributed by atoms with Crippen molar-refractivity contribution in [3.05, 3.63) is 53.1 Å². The highest BCUT2D eigenvalue weighted by atomic mass is 16.7. The van der Waals surface area contributed by atoms with Crippen molar-refractivity contribution in [1.82, 2.24) is 14.2 Å². The van der Waals surface area contributed by atoms with Gasteiger partial charge in [0.05, 0.1) is 0 Å². The first-order valence-corrected chi connectivity index (χ1v) is 9.48. The van der Waals surface area contributed by atoms with E-state index in [-0.39, 0.29) is 18.1 Å². The summed E-state index contributed by atoms with van der Waals surface area (Å²) in [6.07, 6.45) is 6.75. The summed E-state index contributed by atoms with van der Waals surface area (Å²) in [7, 11) is 0. The van der Waals surface area contributed by atoms with Crippen molar-refractivity contribution in [3.8, 4) is 11.5 Å². The molecule has 1 spiro atoms. The zero-order chi connectivity index (χ0) is 19.1. The van der Waals surface area contributed by atoms with Crippen LogP contribution in [-0.4, -0.2) is 25.9 Å². The van der Waals surface area contributed by atoms with Crippen LogP contribution < -0.4 is 20.5 Å². The Balaban J connectivity index is 1.30. The zero-order valence-electron chi connectivity index (χ0n) is 15.3. The molecule has 2 aliphatic rings. The molecule has 1 aromatic carbocycles. The van der Waals surface area contributed by atoms with Gasteiger partial charge < -0.3 is 14.8 Å². The summed E-state index contributed by atoms with van der Waals surface area (Å²) in [6, 6.07) is 10.6. The average molecular weight is 380 g/mol. The highest BCUT2D eigenvalue weighted by Gasteiger charge is 2.42. The number of carbonyl (C=O) groups excluding carboxylic acids is 1. The van der Waals surface area contributed by atoms with Gasteiger partial charge in [-0.3, -0.25) is 9.20 Å². The van der Waals surface area contributed by atoms with Crippen LogP contribution in [0.4, 0.5) is 5.69 Å². The average Bonchev–Trinajstić information content (AvgIpc) is 3.19. The molecule has 28 heavy (non-hydrogen) atoms. The summed E-state index contributed by atoms with van der Waals surface area (Å²) >= 11 is 0. The molecule has 1 saturated carbocycles. The lowest BCUT2D eigenvalue weighted by molar-refractivity contribution is -0.117. The molecule has 3 heterocycles. The number of anilines is 1. The van der Waals surface area contributed by atoms with Gasteiger partial charge in [0.15, 0.2) is 17.1 Å². The van der Waals surface area contributed by atoms with Crippen molar-refractivity contribution < 1.29 is 14.3 Å². The lowest BCUT2D eigenvalue weighted by atomic mass is 9.94. The molecule has 1 aliphatic heterocycles. The van der Waals surface area contributed by atoms with Crippen molar-refractivity contribution in [2.45, 2.75) is 44.4 Å². The minimum absolute atomic E-state index is 0.168. The first-order chi connectivity index (χ1) is 13.6. The van der Waals surface area contributed by atoms with Crippen LogP contribution in [0.2, 0.25) is 0 Å². The minimum Gasteiger partial charge on any atom is -0.448 e. The van der Waals surface area contributed by atoms with Crippen molar-refractivity contribution in [1.29, 1.82) is 0 Å². The summed E-state index contributed by atoms with van der Waals surface area (Å²) in [5.41, 5.74) is 0.744. The Morgan fingerprint density at radius 2 is 1.93 bits per heavy atom. The molecule has 3 aromatic rings. The molecule has 0 saturated heterocycles. The molecule has 0 atom stereocenters. The van der Waals surface area contributed by atoms with Crippen LogP contribution in [0.15, 0.2) is 47.4 Å². The van der Waals surface area contributed by atoms with E-state index in [4.69, 9.17) is 9.47 Å². The summed E-state index contributed by atoms with van der Waals surface area (Å²) in [4.78, 5) is 24.7. The maximum absolute atomic E-state index is 12.4. The third-order valence-electron chi connectivity index (χ3n) is 5.22. The molecule has 1 N–H and O–H groups in total. The number of nitrogens with zero attached hydrogens (tertiary/aromatic N) is 3. The molecule has 1 aliphatic carbocycles. The number of ether oxygens (including phenoxy) is 2. The number of aromatic nitrogens is 3. The molecule has 1 fully saturated rings. The highest BCUT2D eigenvalue weighted by molar-refractivity contribution is 5.90. The van der Waals surface area contributed by atoms with E-state index in [0.717, 1.165) is 30.4 Å². The van der Waals surface area contributed by atoms with Crippen LogP contribution >= 0.6 is 0 Å². The normalized spacial score (nSPS) is 17.1. The monoisotopic (exact) mass is 380 g/mol. The number of amides is 1. The van der Waals surface area contributed by atoms with Gasteiger partial charge in [0.1, 0.15) is 6.54 Å². The predicted molar refractivity (Wildman–Crippen MR) is 102 cm³/mol. The molecular formula is C20H20N4O4. The van der Waals surface area contributed by atoms with Crippen LogP contribution in [0.1, 0.15) is 32.1 Å². The molecule has 8 heteroatoms. The van der Waals surface area contributed by atoms with E-state index in [1.807, 2.05) is 6.07 Å². The standard InChI is InChI=1S/C20H20N4O4/c25-18(13-24-19(26)23-11-5-2-6-17(23)22-24)21-14-7-8-15-16(12-14)28-20(27-15)9-3-1-4-10-20/h2,5-8,11-12H,1,3-4,9-10,13H2,(H,21,25). The van der Waals surface area contributed by atoms with Crippen LogP contribution in [0.3, 0.4) is 0 Å². The van der Waals surface area contributed by atoms with Crippen molar-refractivity contribution >= 4 is 17.2 Å². The van der Waals surface area contributed by atoms with Gasteiger partial charge in [-0.2, -0.15) is 0 Å². The number of nitrogens with one attached hydrogen (secondary N) is 1. The first-order valence-electron chi connectivity index (χ1n) is 9.48. The van der Waals surface area contributed by atoms with E-state index >= 15 is 0 Å². The summed E-state index contributed by atoms with van der Waals surface area (Å²) < 4.78 is 14.7. The van der Waals surface area contributed by atoms with E-state index in [1.165, 1.54) is 10.8 Å². The predicted octanol–water partition coefficient (Wildman–Crippen LogP) is 2.57. The number of carbonyl (C=O) groups is 1. The molecule has 144 valence electrons. The molecule has 0 radical (unpaired) electrons.